The summed E-state index contributed by atoms with van der Waals surface area (Å²) in [6.07, 6.45) is 0. The number of hydrogen-bond donors (Lipinski definition) is 2. The fourth-order valence-electron chi connectivity index (χ4n) is 2.79. The van der Waals surface area contributed by atoms with Gasteiger partial charge in [-0.15, -0.1) is 0 Å². The maximum absolute atomic E-state index is 11.5. The molecular formula is C15H19ClN2O2. The predicted octanol–water partition coefficient (Wildman–Crippen LogP) is 3.60. The lowest BCUT2D eigenvalue weighted by Crippen LogP contribution is -2.13. The number of benzene rings is 1. The van der Waals surface area contributed by atoms with Crippen molar-refractivity contribution in [3.8, 4) is 0 Å². The molecule has 0 amide bonds. The van der Waals surface area contributed by atoms with Crippen molar-refractivity contribution < 1.29 is 9.90 Å². The summed E-state index contributed by atoms with van der Waals surface area (Å²) in [6.45, 7) is 6.82. The Bertz CT molecular complexity index is 674. The maximum atomic E-state index is 11.5. The second kappa shape index (κ2) is 5.46. The fraction of sp³-hybridized carbons (Fsp3) is 0.400. The lowest BCUT2D eigenvalue weighted by Gasteiger charge is -2.15. The number of nitrogens with zero attached hydrogens (tertiary/aromatic N) is 1. The number of carboxylic acids is 1. The third kappa shape index (κ3) is 2.30. The standard InChI is InChI=1S/C15H19ClN2O2/c1-8(2)18-12-6-10(16)5-11(15(19)20)14(12)9(3)13(18)7-17-4/h5-6,8,17H,7H2,1-4H3,(H,19,20). The van der Waals surface area contributed by atoms with Crippen LogP contribution in [0, 0.1) is 6.92 Å². The van der Waals surface area contributed by atoms with Gasteiger partial charge in [-0.25, -0.2) is 4.79 Å². The Labute approximate surface area is 123 Å². The lowest BCUT2D eigenvalue weighted by molar-refractivity contribution is 0.0699. The van der Waals surface area contributed by atoms with Crippen molar-refractivity contribution in [2.24, 2.45) is 0 Å². The third-order valence-corrected chi connectivity index (χ3v) is 3.75. The molecule has 4 nitrogen and oxygen atoms in total. The number of rotatable bonds is 4. The van der Waals surface area contributed by atoms with Crippen LogP contribution in [0.4, 0.5) is 0 Å². The van der Waals surface area contributed by atoms with Crippen molar-refractivity contribution in [3.63, 3.8) is 0 Å². The van der Waals surface area contributed by atoms with E-state index >= 15 is 0 Å². The molecule has 20 heavy (non-hydrogen) atoms. The van der Waals surface area contributed by atoms with Crippen molar-refractivity contribution in [1.29, 1.82) is 0 Å². The molecule has 1 aromatic heterocycles. The molecule has 0 aliphatic rings. The van der Waals surface area contributed by atoms with Gasteiger partial charge in [0.1, 0.15) is 0 Å². The number of halogens is 1. The summed E-state index contributed by atoms with van der Waals surface area (Å²) < 4.78 is 2.15. The van der Waals surface area contributed by atoms with Crippen LogP contribution in [0.2, 0.25) is 5.02 Å². The number of fused-ring (bicyclic) bond motifs is 1. The van der Waals surface area contributed by atoms with E-state index in [0.29, 0.717) is 11.6 Å². The van der Waals surface area contributed by atoms with Crippen molar-refractivity contribution >= 4 is 28.5 Å². The van der Waals surface area contributed by atoms with Gasteiger partial charge < -0.3 is 15.0 Å². The normalized spacial score (nSPS) is 11.5. The number of aromatic carboxylic acids is 1. The summed E-state index contributed by atoms with van der Waals surface area (Å²) in [6, 6.07) is 3.59. The Morgan fingerprint density at radius 1 is 1.45 bits per heavy atom. The van der Waals surface area contributed by atoms with Gasteiger partial charge in [0.25, 0.3) is 0 Å². The van der Waals surface area contributed by atoms with Gasteiger partial charge in [0.2, 0.25) is 0 Å². The molecule has 0 spiro atoms. The molecule has 0 saturated carbocycles. The van der Waals surface area contributed by atoms with Gasteiger partial charge in [-0.3, -0.25) is 0 Å². The van der Waals surface area contributed by atoms with Crippen molar-refractivity contribution in [3.05, 3.63) is 34.0 Å². The first kappa shape index (κ1) is 14.9. The van der Waals surface area contributed by atoms with Crippen LogP contribution in [-0.2, 0) is 6.54 Å². The molecule has 1 heterocycles. The van der Waals surface area contributed by atoms with E-state index in [1.807, 2.05) is 20.0 Å². The minimum absolute atomic E-state index is 0.231. The molecule has 0 atom stereocenters. The zero-order chi connectivity index (χ0) is 15.0. The number of carboxylic acid groups (broad SMARTS) is 1. The van der Waals surface area contributed by atoms with E-state index in [0.717, 1.165) is 22.2 Å². The van der Waals surface area contributed by atoms with Gasteiger partial charge in [-0.05, 0) is 45.5 Å². The van der Waals surface area contributed by atoms with Crippen LogP contribution in [0.1, 0.15) is 41.5 Å². The van der Waals surface area contributed by atoms with Crippen LogP contribution in [0.25, 0.3) is 10.9 Å². The number of nitrogens with one attached hydrogen (secondary N) is 1. The van der Waals surface area contributed by atoms with Crippen LogP contribution < -0.4 is 5.32 Å². The Morgan fingerprint density at radius 3 is 2.60 bits per heavy atom. The molecule has 108 valence electrons. The number of aromatic nitrogens is 1. The minimum atomic E-state index is -0.947. The van der Waals surface area contributed by atoms with Crippen LogP contribution in [0.3, 0.4) is 0 Å². The van der Waals surface area contributed by atoms with Crippen LogP contribution in [-0.4, -0.2) is 22.7 Å². The number of hydrogen-bond acceptors (Lipinski definition) is 2. The lowest BCUT2D eigenvalue weighted by atomic mass is 10.1. The Balaban J connectivity index is 2.94. The van der Waals surface area contributed by atoms with E-state index in [-0.39, 0.29) is 11.6 Å². The second-order valence-electron chi connectivity index (χ2n) is 5.22. The first-order valence-electron chi connectivity index (χ1n) is 6.59. The summed E-state index contributed by atoms with van der Waals surface area (Å²) in [5.41, 5.74) is 3.24. The quantitative estimate of drug-likeness (QED) is 0.906. The van der Waals surface area contributed by atoms with Gasteiger partial charge in [0.05, 0.1) is 11.1 Å². The van der Waals surface area contributed by atoms with E-state index in [1.165, 1.54) is 6.07 Å². The molecule has 0 fully saturated rings. The molecule has 0 radical (unpaired) electrons. The highest BCUT2D eigenvalue weighted by Gasteiger charge is 2.21. The van der Waals surface area contributed by atoms with Crippen molar-refractivity contribution in [2.75, 3.05) is 7.05 Å². The summed E-state index contributed by atoms with van der Waals surface area (Å²) in [5.74, 6) is -0.947. The molecule has 1 aromatic carbocycles. The molecule has 0 unspecified atom stereocenters. The molecule has 2 N–H and O–H groups in total. The average molecular weight is 295 g/mol. The Morgan fingerprint density at radius 2 is 2.10 bits per heavy atom. The van der Waals surface area contributed by atoms with Gasteiger partial charge in [0.15, 0.2) is 0 Å². The van der Waals surface area contributed by atoms with E-state index in [1.54, 1.807) is 0 Å². The average Bonchev–Trinajstić information content (AvgIpc) is 2.62. The zero-order valence-corrected chi connectivity index (χ0v) is 12.9. The van der Waals surface area contributed by atoms with E-state index in [9.17, 15) is 9.90 Å². The van der Waals surface area contributed by atoms with Gasteiger partial charge in [-0.2, -0.15) is 0 Å². The predicted molar refractivity (Wildman–Crippen MR) is 81.8 cm³/mol. The van der Waals surface area contributed by atoms with Gasteiger partial charge in [0, 0.05) is 28.7 Å². The monoisotopic (exact) mass is 294 g/mol. The van der Waals surface area contributed by atoms with Crippen molar-refractivity contribution in [2.45, 2.75) is 33.4 Å². The largest absolute Gasteiger partial charge is 0.478 e. The molecule has 0 saturated heterocycles. The van der Waals surface area contributed by atoms with Gasteiger partial charge in [-0.1, -0.05) is 11.6 Å². The molecule has 0 bridgehead atoms. The number of carbonyl (C=O) groups is 1. The molecule has 5 heteroatoms. The highest BCUT2D eigenvalue weighted by Crippen LogP contribution is 2.33. The first-order chi connectivity index (χ1) is 9.38. The van der Waals surface area contributed by atoms with Crippen LogP contribution >= 0.6 is 11.6 Å². The summed E-state index contributed by atoms with van der Waals surface area (Å²) in [5, 5.41) is 13.8. The van der Waals surface area contributed by atoms with E-state index < -0.39 is 5.97 Å². The second-order valence-corrected chi connectivity index (χ2v) is 5.65. The maximum Gasteiger partial charge on any atom is 0.336 e. The van der Waals surface area contributed by atoms with Gasteiger partial charge >= 0.3 is 5.97 Å². The summed E-state index contributed by atoms with van der Waals surface area (Å²) >= 11 is 6.09. The molecule has 0 aliphatic heterocycles. The summed E-state index contributed by atoms with van der Waals surface area (Å²) in [7, 11) is 1.88. The Hall–Kier alpha value is -1.52. The number of aryl methyl sites for hydroxylation is 1. The summed E-state index contributed by atoms with van der Waals surface area (Å²) in [4.78, 5) is 11.5. The molecular weight excluding hydrogens is 276 g/mol. The third-order valence-electron chi connectivity index (χ3n) is 3.53. The smallest absolute Gasteiger partial charge is 0.336 e. The molecule has 2 rings (SSSR count). The zero-order valence-electron chi connectivity index (χ0n) is 12.1. The van der Waals surface area contributed by atoms with Crippen LogP contribution in [0.15, 0.2) is 12.1 Å². The first-order valence-corrected chi connectivity index (χ1v) is 6.97. The minimum Gasteiger partial charge on any atom is -0.478 e. The van der Waals surface area contributed by atoms with Crippen LogP contribution in [0.5, 0.6) is 0 Å². The highest BCUT2D eigenvalue weighted by molar-refractivity contribution is 6.32. The Kier molecular flexibility index (Phi) is 4.06. The van der Waals surface area contributed by atoms with Crippen molar-refractivity contribution in [1.82, 2.24) is 9.88 Å². The topological polar surface area (TPSA) is 54.3 Å². The van der Waals surface area contributed by atoms with E-state index in [4.69, 9.17) is 11.6 Å². The highest BCUT2D eigenvalue weighted by atomic mass is 35.5. The fourth-order valence-corrected chi connectivity index (χ4v) is 3.00. The SMILES string of the molecule is CNCc1c(C)c2c(C(=O)O)cc(Cl)cc2n1C(C)C. The molecule has 2 aromatic rings. The molecule has 0 aliphatic carbocycles. The van der Waals surface area contributed by atoms with E-state index in [2.05, 4.69) is 23.7 Å².